The van der Waals surface area contributed by atoms with Crippen LogP contribution in [0.2, 0.25) is 0 Å². The normalized spacial score (nSPS) is 22.9. The molecule has 1 saturated heterocycles. The van der Waals surface area contributed by atoms with E-state index < -0.39 is 0 Å². The first-order chi connectivity index (χ1) is 16.1. The summed E-state index contributed by atoms with van der Waals surface area (Å²) in [6.07, 6.45) is 8.67. The van der Waals surface area contributed by atoms with Crippen molar-refractivity contribution >= 4 is 5.91 Å². The molecule has 1 aliphatic carbocycles. The SMILES string of the molecule is COc1ccccc1CN1CCc2nc([C@H]3CCN(C(=O)[C@@H]4CC=CCC4)C3)[nH]c(=O)c2C1. The number of carbonyl (C=O) groups excluding carboxylic acids is 1. The Labute approximate surface area is 194 Å². The zero-order valence-electron chi connectivity index (χ0n) is 19.3. The Balaban J connectivity index is 1.26. The molecular weight excluding hydrogens is 416 g/mol. The van der Waals surface area contributed by atoms with E-state index in [0.717, 1.165) is 80.1 Å². The summed E-state index contributed by atoms with van der Waals surface area (Å²) in [5.74, 6) is 2.09. The van der Waals surface area contributed by atoms with Gasteiger partial charge in [0.25, 0.3) is 5.56 Å². The highest BCUT2D eigenvalue weighted by molar-refractivity contribution is 5.79. The van der Waals surface area contributed by atoms with E-state index in [9.17, 15) is 9.59 Å². The van der Waals surface area contributed by atoms with Crippen molar-refractivity contribution in [2.75, 3.05) is 26.7 Å². The molecule has 33 heavy (non-hydrogen) atoms. The molecule has 0 unspecified atom stereocenters. The van der Waals surface area contributed by atoms with Crippen LogP contribution in [0.5, 0.6) is 5.75 Å². The maximum Gasteiger partial charge on any atom is 0.255 e. The first-order valence-corrected chi connectivity index (χ1v) is 12.0. The summed E-state index contributed by atoms with van der Waals surface area (Å²) in [6.45, 7) is 3.57. The van der Waals surface area contributed by atoms with Crippen molar-refractivity contribution in [2.45, 2.75) is 51.1 Å². The number of aromatic amines is 1. The third-order valence-electron chi connectivity index (χ3n) is 7.26. The predicted octanol–water partition coefficient (Wildman–Crippen LogP) is 3.01. The molecule has 0 radical (unpaired) electrons. The lowest BCUT2D eigenvalue weighted by molar-refractivity contribution is -0.134. The van der Waals surface area contributed by atoms with Gasteiger partial charge in [-0.25, -0.2) is 4.98 Å². The average Bonchev–Trinajstić information content (AvgIpc) is 3.35. The van der Waals surface area contributed by atoms with Gasteiger partial charge in [0.05, 0.1) is 18.4 Å². The summed E-state index contributed by atoms with van der Waals surface area (Å²) in [7, 11) is 1.68. The van der Waals surface area contributed by atoms with Crippen LogP contribution in [0.1, 0.15) is 54.2 Å². The minimum absolute atomic E-state index is 0.0399. The monoisotopic (exact) mass is 448 g/mol. The predicted molar refractivity (Wildman–Crippen MR) is 126 cm³/mol. The van der Waals surface area contributed by atoms with Gasteiger partial charge in [-0.3, -0.25) is 14.5 Å². The Hall–Kier alpha value is -2.93. The number of ether oxygens (including phenoxy) is 1. The van der Waals surface area contributed by atoms with E-state index in [1.807, 2.05) is 23.1 Å². The Kier molecular flexibility index (Phi) is 6.31. The van der Waals surface area contributed by atoms with Crippen LogP contribution in [0.25, 0.3) is 0 Å². The van der Waals surface area contributed by atoms with Gasteiger partial charge in [0.15, 0.2) is 0 Å². The molecule has 1 fully saturated rings. The average molecular weight is 449 g/mol. The smallest absolute Gasteiger partial charge is 0.255 e. The van der Waals surface area contributed by atoms with Crippen LogP contribution < -0.4 is 10.3 Å². The first kappa shape index (κ1) is 21.9. The van der Waals surface area contributed by atoms with Crippen molar-refractivity contribution in [3.8, 4) is 5.75 Å². The van der Waals surface area contributed by atoms with Gasteiger partial charge in [-0.2, -0.15) is 0 Å². The number of allylic oxidation sites excluding steroid dienone is 2. The summed E-state index contributed by atoms with van der Waals surface area (Å²) in [4.78, 5) is 38.1. The second kappa shape index (κ2) is 9.51. The van der Waals surface area contributed by atoms with Gasteiger partial charge in [-0.05, 0) is 31.7 Å². The second-order valence-electron chi connectivity index (χ2n) is 9.40. The number of fused-ring (bicyclic) bond motifs is 1. The third-order valence-corrected chi connectivity index (χ3v) is 7.26. The fourth-order valence-electron chi connectivity index (χ4n) is 5.36. The van der Waals surface area contributed by atoms with Crippen LogP contribution >= 0.6 is 0 Å². The third kappa shape index (κ3) is 4.60. The summed E-state index contributed by atoms with van der Waals surface area (Å²) in [5, 5.41) is 0. The molecule has 0 saturated carbocycles. The van der Waals surface area contributed by atoms with Crippen molar-refractivity contribution in [1.29, 1.82) is 0 Å². The number of rotatable bonds is 5. The van der Waals surface area contributed by atoms with Crippen LogP contribution in [0, 0.1) is 5.92 Å². The number of H-pyrrole nitrogens is 1. The largest absolute Gasteiger partial charge is 0.496 e. The second-order valence-corrected chi connectivity index (χ2v) is 9.40. The van der Waals surface area contributed by atoms with E-state index in [1.54, 1.807) is 7.11 Å². The van der Waals surface area contributed by atoms with Crippen molar-refractivity contribution in [3.63, 3.8) is 0 Å². The first-order valence-electron chi connectivity index (χ1n) is 12.0. The Morgan fingerprint density at radius 1 is 1.21 bits per heavy atom. The van der Waals surface area contributed by atoms with Crippen LogP contribution in [0.3, 0.4) is 0 Å². The summed E-state index contributed by atoms with van der Waals surface area (Å²) in [6, 6.07) is 8.01. The molecule has 2 aliphatic heterocycles. The van der Waals surface area contributed by atoms with E-state index in [1.165, 1.54) is 0 Å². The zero-order chi connectivity index (χ0) is 22.8. The Morgan fingerprint density at radius 2 is 2.09 bits per heavy atom. The minimum Gasteiger partial charge on any atom is -0.496 e. The van der Waals surface area contributed by atoms with Gasteiger partial charge in [0, 0.05) is 56.5 Å². The number of carbonyl (C=O) groups is 1. The maximum absolute atomic E-state index is 13.0. The molecule has 5 rings (SSSR count). The lowest BCUT2D eigenvalue weighted by Gasteiger charge is -2.28. The molecule has 0 spiro atoms. The highest BCUT2D eigenvalue weighted by Gasteiger charge is 2.33. The molecule has 7 nitrogen and oxygen atoms in total. The molecule has 3 heterocycles. The molecule has 0 bridgehead atoms. The van der Waals surface area contributed by atoms with Gasteiger partial charge in [-0.1, -0.05) is 30.4 Å². The van der Waals surface area contributed by atoms with Crippen molar-refractivity contribution in [1.82, 2.24) is 19.8 Å². The number of likely N-dealkylation sites (tertiary alicyclic amines) is 1. The molecule has 1 aromatic carbocycles. The number of aromatic nitrogens is 2. The van der Waals surface area contributed by atoms with Gasteiger partial charge in [0.2, 0.25) is 5.91 Å². The molecule has 174 valence electrons. The molecule has 1 N–H and O–H groups in total. The van der Waals surface area contributed by atoms with Crippen molar-refractivity contribution in [3.05, 3.63) is 69.4 Å². The van der Waals surface area contributed by atoms with E-state index in [2.05, 4.69) is 28.1 Å². The van der Waals surface area contributed by atoms with E-state index in [-0.39, 0.29) is 23.3 Å². The standard InChI is InChI=1S/C26H32N4O3/c1-33-23-10-6-5-9-19(23)15-29-13-12-22-21(17-29)25(31)28-24(27-22)20-11-14-30(16-20)26(32)18-7-3-2-4-8-18/h2-3,5-6,9-10,18,20H,4,7-8,11-17H2,1H3,(H,27,28,31)/t18-,20+/m1/s1. The molecule has 2 atom stereocenters. The van der Waals surface area contributed by atoms with Crippen molar-refractivity contribution < 1.29 is 9.53 Å². The Morgan fingerprint density at radius 3 is 2.91 bits per heavy atom. The van der Waals surface area contributed by atoms with Gasteiger partial charge >= 0.3 is 0 Å². The fraction of sp³-hybridized carbons (Fsp3) is 0.500. The molecule has 7 heteroatoms. The number of benzene rings is 1. The maximum atomic E-state index is 13.0. The number of nitrogens with zero attached hydrogens (tertiary/aromatic N) is 3. The summed E-state index contributed by atoms with van der Waals surface area (Å²) < 4.78 is 5.48. The molecule has 1 amide bonds. The summed E-state index contributed by atoms with van der Waals surface area (Å²) >= 11 is 0. The number of para-hydroxylation sites is 1. The van der Waals surface area contributed by atoms with Crippen LogP contribution in [-0.2, 0) is 24.3 Å². The molecule has 1 aromatic heterocycles. The quantitative estimate of drug-likeness (QED) is 0.712. The van der Waals surface area contributed by atoms with Gasteiger partial charge in [-0.15, -0.1) is 0 Å². The highest BCUT2D eigenvalue weighted by Crippen LogP contribution is 2.29. The number of methoxy groups -OCH3 is 1. The van der Waals surface area contributed by atoms with E-state index >= 15 is 0 Å². The zero-order valence-corrected chi connectivity index (χ0v) is 19.3. The van der Waals surface area contributed by atoms with Crippen LogP contribution in [0.4, 0.5) is 0 Å². The Bertz CT molecular complexity index is 1110. The van der Waals surface area contributed by atoms with Crippen LogP contribution in [-0.4, -0.2) is 52.4 Å². The molecule has 3 aliphatic rings. The number of hydrogen-bond donors (Lipinski definition) is 1. The van der Waals surface area contributed by atoms with Gasteiger partial charge in [0.1, 0.15) is 11.6 Å². The molecule has 2 aromatic rings. The highest BCUT2D eigenvalue weighted by atomic mass is 16.5. The topological polar surface area (TPSA) is 78.5 Å². The van der Waals surface area contributed by atoms with E-state index in [0.29, 0.717) is 13.1 Å². The molecular formula is C26H32N4O3. The lowest BCUT2D eigenvalue weighted by Crippen LogP contribution is -2.37. The van der Waals surface area contributed by atoms with Gasteiger partial charge < -0.3 is 14.6 Å². The number of hydrogen-bond acceptors (Lipinski definition) is 5. The lowest BCUT2D eigenvalue weighted by atomic mass is 9.93. The fourth-order valence-corrected chi connectivity index (χ4v) is 5.36. The minimum atomic E-state index is -0.0399. The number of amides is 1. The van der Waals surface area contributed by atoms with E-state index in [4.69, 9.17) is 9.72 Å². The van der Waals surface area contributed by atoms with Crippen LogP contribution in [0.15, 0.2) is 41.2 Å². The number of nitrogens with one attached hydrogen (secondary N) is 1. The van der Waals surface area contributed by atoms with Crippen molar-refractivity contribution in [2.24, 2.45) is 5.92 Å². The summed E-state index contributed by atoms with van der Waals surface area (Å²) in [5.41, 5.74) is 2.75.